The van der Waals surface area contributed by atoms with Crippen molar-refractivity contribution in [3.05, 3.63) is 47.5 Å². The third-order valence-corrected chi connectivity index (χ3v) is 7.31. The molecule has 4 atom stereocenters. The molecular weight excluding hydrogens is 460 g/mol. The maximum absolute atomic E-state index is 16.1. The second kappa shape index (κ2) is 7.42. The smallest absolute Gasteiger partial charge is 0.242 e. The zero-order valence-electron chi connectivity index (χ0n) is 18.9. The molecule has 8 nitrogen and oxygen atoms in total. The molecule has 3 aliphatic heterocycles. The van der Waals surface area contributed by atoms with Crippen LogP contribution in [0.3, 0.4) is 0 Å². The Kier molecular flexibility index (Phi) is 4.63. The Balaban J connectivity index is 1.61. The van der Waals surface area contributed by atoms with Crippen LogP contribution in [0.15, 0.2) is 34.9 Å². The summed E-state index contributed by atoms with van der Waals surface area (Å²) in [5.41, 5.74) is -0.947. The molecule has 2 saturated heterocycles. The van der Waals surface area contributed by atoms with Gasteiger partial charge in [0.15, 0.2) is 11.6 Å². The molecule has 6 rings (SSSR count). The van der Waals surface area contributed by atoms with Crippen LogP contribution in [0.4, 0.5) is 14.5 Å². The Bertz CT molecular complexity index is 1410. The topological polar surface area (TPSA) is 102 Å². The van der Waals surface area contributed by atoms with E-state index in [-0.39, 0.29) is 47.0 Å². The van der Waals surface area contributed by atoms with Crippen LogP contribution < -0.4 is 10.2 Å². The van der Waals surface area contributed by atoms with E-state index in [0.717, 1.165) is 0 Å². The summed E-state index contributed by atoms with van der Waals surface area (Å²) in [4.78, 5) is 40.3. The number of nitrogens with zero attached hydrogens (tertiary/aromatic N) is 2. The van der Waals surface area contributed by atoms with Gasteiger partial charge < -0.3 is 14.2 Å². The van der Waals surface area contributed by atoms with E-state index in [4.69, 9.17) is 9.26 Å². The number of imide groups is 1. The highest BCUT2D eigenvalue weighted by Gasteiger charge is 2.62. The van der Waals surface area contributed by atoms with Crippen molar-refractivity contribution in [3.8, 4) is 11.3 Å². The van der Waals surface area contributed by atoms with Gasteiger partial charge in [0.25, 0.3) is 0 Å². The van der Waals surface area contributed by atoms with Gasteiger partial charge >= 0.3 is 0 Å². The summed E-state index contributed by atoms with van der Waals surface area (Å²) in [6, 6.07) is 6.72. The largest absolute Gasteiger partial charge is 0.372 e. The van der Waals surface area contributed by atoms with Crippen molar-refractivity contribution in [1.29, 1.82) is 0 Å². The van der Waals surface area contributed by atoms with Crippen LogP contribution in [0, 0.1) is 17.0 Å². The number of Topliss-reactive ketones (excluding diaryl/α,β-unsaturated/α-hetero) is 1. The number of rotatable bonds is 1. The van der Waals surface area contributed by atoms with Gasteiger partial charge in [0.1, 0.15) is 16.9 Å². The number of amides is 2. The van der Waals surface area contributed by atoms with E-state index in [0.29, 0.717) is 5.56 Å². The van der Waals surface area contributed by atoms with Crippen molar-refractivity contribution in [2.75, 3.05) is 11.4 Å². The summed E-state index contributed by atoms with van der Waals surface area (Å²) in [5.74, 6) is -3.16. The SMILES string of the molecule is C[C@@H]1CN2c3c(cc4c(-c5ccccc5F)noc4c3F)CC3(C(=O)CC(=O)NC3=O)[C@H]2[C@H](C)O1. The Morgan fingerprint density at radius 2 is 1.94 bits per heavy atom. The number of anilines is 1. The molecule has 180 valence electrons. The van der Waals surface area contributed by atoms with Crippen LogP contribution in [-0.4, -0.2) is 47.5 Å². The van der Waals surface area contributed by atoms with Crippen LogP contribution in [0.5, 0.6) is 0 Å². The number of benzene rings is 2. The minimum absolute atomic E-state index is 0.120. The lowest BCUT2D eigenvalue weighted by Crippen LogP contribution is -2.72. The molecule has 3 aliphatic rings. The van der Waals surface area contributed by atoms with Crippen molar-refractivity contribution < 1.29 is 32.4 Å². The molecule has 2 fully saturated rings. The molecular formula is C25H21F2N3O5. The molecule has 10 heteroatoms. The minimum atomic E-state index is -1.64. The Hall–Kier alpha value is -3.66. The van der Waals surface area contributed by atoms with Gasteiger partial charge in [-0.25, -0.2) is 8.78 Å². The fraction of sp³-hybridized carbons (Fsp3) is 0.360. The summed E-state index contributed by atoms with van der Waals surface area (Å²) in [7, 11) is 0. The van der Waals surface area contributed by atoms with Crippen molar-refractivity contribution in [1.82, 2.24) is 10.5 Å². The number of carbonyl (C=O) groups is 3. The van der Waals surface area contributed by atoms with Crippen molar-refractivity contribution >= 4 is 34.3 Å². The number of morpholine rings is 1. The van der Waals surface area contributed by atoms with Crippen LogP contribution >= 0.6 is 0 Å². The average molecular weight is 481 g/mol. The van der Waals surface area contributed by atoms with Crippen LogP contribution in [-0.2, 0) is 25.5 Å². The van der Waals surface area contributed by atoms with E-state index in [1.807, 2.05) is 6.92 Å². The van der Waals surface area contributed by atoms with Gasteiger partial charge in [-0.3, -0.25) is 19.7 Å². The average Bonchev–Trinajstić information content (AvgIpc) is 3.21. The first kappa shape index (κ1) is 21.8. The van der Waals surface area contributed by atoms with Gasteiger partial charge in [-0.05, 0) is 44.0 Å². The molecule has 0 radical (unpaired) electrons. The van der Waals surface area contributed by atoms with Gasteiger partial charge in [0, 0.05) is 12.1 Å². The van der Waals surface area contributed by atoms with E-state index in [9.17, 15) is 18.8 Å². The predicted octanol–water partition coefficient (Wildman–Crippen LogP) is 2.91. The van der Waals surface area contributed by atoms with Gasteiger partial charge in [-0.1, -0.05) is 17.3 Å². The van der Waals surface area contributed by atoms with E-state index >= 15 is 4.39 Å². The molecule has 1 N–H and O–H groups in total. The molecule has 2 aromatic carbocycles. The number of fused-ring (bicyclic) bond motifs is 5. The molecule has 0 aliphatic carbocycles. The molecule has 0 saturated carbocycles. The third-order valence-electron chi connectivity index (χ3n) is 7.31. The standard InChI is InChI=1S/C25H21F2N3O5/c1-11-10-30-21-13(9-25(23(30)12(2)34-11)17(31)8-18(32)28-24(25)33)7-15-20(29-35-22(15)19(21)27)14-5-3-4-6-16(14)26/h3-7,11-12,23H,8-10H2,1-2H3,(H,28,32,33)/t11-,12+,23-,25?/m1/s1. The highest BCUT2D eigenvalue weighted by Crippen LogP contribution is 2.50. The summed E-state index contributed by atoms with van der Waals surface area (Å²) in [6.07, 6.45) is -1.51. The maximum atomic E-state index is 16.1. The highest BCUT2D eigenvalue weighted by atomic mass is 19.1. The lowest BCUT2D eigenvalue weighted by molar-refractivity contribution is -0.158. The number of piperidine rings is 1. The summed E-state index contributed by atoms with van der Waals surface area (Å²) >= 11 is 0. The predicted molar refractivity (Wildman–Crippen MR) is 119 cm³/mol. The van der Waals surface area contributed by atoms with Crippen molar-refractivity contribution in [2.45, 2.75) is 44.9 Å². The number of hydrogen-bond donors (Lipinski definition) is 1. The Morgan fingerprint density at radius 1 is 1.17 bits per heavy atom. The first-order valence-electron chi connectivity index (χ1n) is 11.4. The van der Waals surface area contributed by atoms with Crippen LogP contribution in [0.1, 0.15) is 25.8 Å². The van der Waals surface area contributed by atoms with Crippen LogP contribution in [0.25, 0.3) is 22.2 Å². The van der Waals surface area contributed by atoms with E-state index < -0.39 is 53.2 Å². The number of ether oxygens (including phenoxy) is 1. The molecule has 4 heterocycles. The minimum Gasteiger partial charge on any atom is -0.372 e. The molecule has 35 heavy (non-hydrogen) atoms. The van der Waals surface area contributed by atoms with Gasteiger partial charge in [0.05, 0.1) is 35.7 Å². The quantitative estimate of drug-likeness (QED) is 0.421. The number of hydrogen-bond acceptors (Lipinski definition) is 7. The Morgan fingerprint density at radius 3 is 2.69 bits per heavy atom. The van der Waals surface area contributed by atoms with E-state index in [1.165, 1.54) is 18.2 Å². The first-order chi connectivity index (χ1) is 16.7. The molecule has 1 spiro atoms. The van der Waals surface area contributed by atoms with Crippen molar-refractivity contribution in [3.63, 3.8) is 0 Å². The number of halogens is 2. The number of ketones is 1. The zero-order chi connectivity index (χ0) is 24.6. The van der Waals surface area contributed by atoms with Crippen LogP contribution in [0.2, 0.25) is 0 Å². The highest BCUT2D eigenvalue weighted by molar-refractivity contribution is 6.22. The second-order valence-electron chi connectivity index (χ2n) is 9.46. The first-order valence-corrected chi connectivity index (χ1v) is 11.4. The molecule has 0 bridgehead atoms. The van der Waals surface area contributed by atoms with Crippen molar-refractivity contribution in [2.24, 2.45) is 5.41 Å². The number of aromatic nitrogens is 1. The monoisotopic (exact) mass is 481 g/mol. The normalized spacial score (nSPS) is 28.3. The second-order valence-corrected chi connectivity index (χ2v) is 9.46. The van der Waals surface area contributed by atoms with Gasteiger partial charge in [0.2, 0.25) is 17.4 Å². The molecule has 2 amide bonds. The number of carbonyl (C=O) groups excluding carboxylic acids is 3. The van der Waals surface area contributed by atoms with E-state index in [2.05, 4.69) is 10.5 Å². The Labute approximate surface area is 198 Å². The lowest BCUT2D eigenvalue weighted by Gasteiger charge is -2.55. The molecule has 1 unspecified atom stereocenters. The third kappa shape index (κ3) is 2.92. The summed E-state index contributed by atoms with van der Waals surface area (Å²) < 4.78 is 41.9. The van der Waals surface area contributed by atoms with Gasteiger partial charge in [-0.15, -0.1) is 0 Å². The molecule has 1 aromatic heterocycles. The summed E-state index contributed by atoms with van der Waals surface area (Å²) in [5, 5.41) is 6.48. The molecule has 3 aromatic rings. The lowest BCUT2D eigenvalue weighted by atomic mass is 9.63. The fourth-order valence-corrected chi connectivity index (χ4v) is 5.99. The van der Waals surface area contributed by atoms with Gasteiger partial charge in [-0.2, -0.15) is 0 Å². The fourth-order valence-electron chi connectivity index (χ4n) is 5.99. The van der Waals surface area contributed by atoms with E-state index in [1.54, 1.807) is 24.0 Å². The number of nitrogens with one attached hydrogen (secondary N) is 1. The zero-order valence-corrected chi connectivity index (χ0v) is 18.9. The maximum Gasteiger partial charge on any atom is 0.242 e. The summed E-state index contributed by atoms with van der Waals surface area (Å²) in [6.45, 7) is 3.77.